The van der Waals surface area contributed by atoms with Gasteiger partial charge in [-0.1, -0.05) is 41.0 Å². The number of methoxy groups -OCH3 is 3. The Hall–Kier alpha value is -3.92. The second-order valence-electron chi connectivity index (χ2n) is 7.56. The highest BCUT2D eigenvalue weighted by molar-refractivity contribution is 7.72. The van der Waals surface area contributed by atoms with Crippen molar-refractivity contribution >= 4 is 24.4 Å². The quantitative estimate of drug-likeness (QED) is 0.184. The molecule has 1 unspecified atom stereocenters. The van der Waals surface area contributed by atoms with Gasteiger partial charge in [0.2, 0.25) is 5.75 Å². The number of hydrogen-bond donors (Lipinski definition) is 0. The summed E-state index contributed by atoms with van der Waals surface area (Å²) >= 11 is 0. The van der Waals surface area contributed by atoms with Gasteiger partial charge in [0.15, 0.2) is 17.3 Å². The smallest absolute Gasteiger partial charge is 0.466 e. The Labute approximate surface area is 212 Å². The molecule has 6 nitrogen and oxygen atoms in total. The van der Waals surface area contributed by atoms with Crippen molar-refractivity contribution in [3.05, 3.63) is 82.4 Å². The van der Waals surface area contributed by atoms with Crippen LogP contribution in [0, 0.1) is 0 Å². The van der Waals surface area contributed by atoms with Crippen LogP contribution in [-0.2, 0) is 16.9 Å². The molecule has 0 saturated carbocycles. The molecule has 200 valence electrons. The van der Waals surface area contributed by atoms with Crippen LogP contribution in [0.5, 0.6) is 17.2 Å². The van der Waals surface area contributed by atoms with Crippen LogP contribution in [0.1, 0.15) is 37.4 Å². The molecule has 0 heterocycles. The van der Waals surface area contributed by atoms with Crippen LogP contribution in [0.15, 0.2) is 54.6 Å². The number of halogens is 6. The van der Waals surface area contributed by atoms with Crippen molar-refractivity contribution in [2.45, 2.75) is 12.4 Å². The van der Waals surface area contributed by atoms with Crippen molar-refractivity contribution in [1.82, 2.24) is 0 Å². The highest BCUT2D eigenvalue weighted by atomic mass is 31.1. The lowest BCUT2D eigenvalue weighted by molar-refractivity contribution is -0.143. The minimum atomic E-state index is -5.37. The van der Waals surface area contributed by atoms with E-state index in [0.717, 1.165) is 27.4 Å². The minimum Gasteiger partial charge on any atom is -0.492 e. The maximum atomic E-state index is 13.6. The molecule has 1 atom stereocenters. The molecule has 0 fully saturated rings. The largest absolute Gasteiger partial charge is 0.492 e. The van der Waals surface area contributed by atoms with E-state index in [-0.39, 0.29) is 29.0 Å². The van der Waals surface area contributed by atoms with E-state index in [1.54, 1.807) is 18.2 Å². The second-order valence-corrected chi connectivity index (χ2v) is 9.00. The summed E-state index contributed by atoms with van der Waals surface area (Å²) in [5, 5.41) is -0.679. The fraction of sp³-hybridized carbons (Fsp3) is 0.200. The maximum Gasteiger partial charge on any atom is 0.466 e. The third kappa shape index (κ3) is 5.35. The van der Waals surface area contributed by atoms with Crippen molar-refractivity contribution in [1.29, 1.82) is 0 Å². The Morgan fingerprint density at radius 3 is 1.71 bits per heavy atom. The molecular weight excluding hydrogens is 541 g/mol. The number of carbonyl (C=O) groups is 2. The van der Waals surface area contributed by atoms with Crippen LogP contribution in [-0.4, -0.2) is 32.6 Å². The summed E-state index contributed by atoms with van der Waals surface area (Å²) in [7, 11) is -0.563. The minimum absolute atomic E-state index is 0.182. The summed E-state index contributed by atoms with van der Waals surface area (Å²) in [5.74, 6) is -1.95. The van der Waals surface area contributed by atoms with E-state index in [1.165, 1.54) is 12.1 Å². The molecule has 13 heteroatoms. The highest BCUT2D eigenvalue weighted by Gasteiger charge is 2.50. The van der Waals surface area contributed by atoms with Gasteiger partial charge in [0.1, 0.15) is 0 Å². The molecule has 3 aromatic rings. The first-order chi connectivity index (χ1) is 17.8. The normalized spacial score (nSPS) is 12.1. The molecule has 0 aromatic heterocycles. The Kier molecular flexibility index (Phi) is 8.16. The topological polar surface area (TPSA) is 78.9 Å². The third-order valence-corrected chi connectivity index (χ3v) is 6.78. The summed E-state index contributed by atoms with van der Waals surface area (Å²) < 4.78 is 111. The van der Waals surface area contributed by atoms with E-state index in [9.17, 15) is 40.5 Å². The van der Waals surface area contributed by atoms with Crippen molar-refractivity contribution in [2.75, 3.05) is 21.3 Å². The summed E-state index contributed by atoms with van der Waals surface area (Å²) in [5.41, 5.74) is -7.61. The fourth-order valence-electron chi connectivity index (χ4n) is 3.72. The van der Waals surface area contributed by atoms with E-state index in [0.29, 0.717) is 6.07 Å². The molecule has 0 saturated heterocycles. The Morgan fingerprint density at radius 2 is 1.26 bits per heavy atom. The van der Waals surface area contributed by atoms with Gasteiger partial charge < -0.3 is 14.2 Å². The Morgan fingerprint density at radius 1 is 0.737 bits per heavy atom. The summed E-state index contributed by atoms with van der Waals surface area (Å²) in [6.45, 7) is 0. The molecular formula is C25H18F6O6P+. The molecule has 0 amide bonds. The standard InChI is InChI=1S/C25H18F6O6P/c1-35-17-12-14(19(32)13-8-5-4-6-9-13)20(36-2)21(37-3)22(17)38(34)23(33)18-15(24(26,27)28)10-7-11-16(18)25(29,30)31/h4-12H,1-3H3/q+1. The maximum absolute atomic E-state index is 13.6. The van der Waals surface area contributed by atoms with Gasteiger partial charge in [-0.15, -0.1) is 0 Å². The number of alkyl halides is 6. The van der Waals surface area contributed by atoms with Crippen LogP contribution in [0.4, 0.5) is 26.3 Å². The molecule has 0 aliphatic heterocycles. The number of rotatable bonds is 8. The number of carbonyl (C=O) groups excluding carboxylic acids is 2. The highest BCUT2D eigenvalue weighted by Crippen LogP contribution is 2.47. The zero-order chi connectivity index (χ0) is 28.4. The molecule has 0 N–H and O–H groups in total. The zero-order valence-electron chi connectivity index (χ0n) is 19.9. The predicted octanol–water partition coefficient (Wildman–Crippen LogP) is 6.27. The van der Waals surface area contributed by atoms with Gasteiger partial charge in [0, 0.05) is 11.6 Å². The lowest BCUT2D eigenvalue weighted by atomic mass is 10.0. The van der Waals surface area contributed by atoms with E-state index in [1.807, 2.05) is 0 Å². The number of ether oxygens (including phenoxy) is 3. The van der Waals surface area contributed by atoms with Gasteiger partial charge in [-0.05, 0) is 12.1 Å². The van der Waals surface area contributed by atoms with Gasteiger partial charge >= 0.3 is 25.7 Å². The van der Waals surface area contributed by atoms with Crippen molar-refractivity contribution in [2.24, 2.45) is 0 Å². The average Bonchev–Trinajstić information content (AvgIpc) is 2.89. The fourth-order valence-corrected chi connectivity index (χ4v) is 5.10. The average molecular weight is 559 g/mol. The van der Waals surface area contributed by atoms with E-state index in [4.69, 9.17) is 14.2 Å². The van der Waals surface area contributed by atoms with Gasteiger partial charge in [0.25, 0.3) is 5.30 Å². The van der Waals surface area contributed by atoms with Gasteiger partial charge in [0.05, 0.1) is 43.6 Å². The molecule has 0 spiro atoms. The molecule has 0 bridgehead atoms. The number of ketones is 1. The molecule has 3 aromatic carbocycles. The zero-order valence-corrected chi connectivity index (χ0v) is 20.8. The van der Waals surface area contributed by atoms with E-state index < -0.39 is 65.0 Å². The monoisotopic (exact) mass is 559 g/mol. The van der Waals surface area contributed by atoms with Crippen molar-refractivity contribution in [3.8, 4) is 17.2 Å². The molecule has 0 aliphatic carbocycles. The first-order valence-electron chi connectivity index (χ1n) is 10.5. The van der Waals surface area contributed by atoms with E-state index >= 15 is 0 Å². The van der Waals surface area contributed by atoms with Crippen LogP contribution < -0.4 is 19.5 Å². The van der Waals surface area contributed by atoms with Crippen molar-refractivity contribution in [3.63, 3.8) is 0 Å². The number of benzene rings is 3. The predicted molar refractivity (Wildman–Crippen MR) is 124 cm³/mol. The van der Waals surface area contributed by atoms with Crippen LogP contribution in [0.2, 0.25) is 0 Å². The van der Waals surface area contributed by atoms with Crippen LogP contribution >= 0.6 is 7.80 Å². The van der Waals surface area contributed by atoms with Gasteiger partial charge in [-0.3, -0.25) is 4.79 Å². The lowest BCUT2D eigenvalue weighted by Crippen LogP contribution is -2.21. The third-order valence-electron chi connectivity index (χ3n) is 5.36. The molecule has 3 rings (SSSR count). The summed E-state index contributed by atoms with van der Waals surface area (Å²) in [6, 6.07) is 9.84. The lowest BCUT2D eigenvalue weighted by Gasteiger charge is -2.16. The van der Waals surface area contributed by atoms with Gasteiger partial charge in [-0.2, -0.15) is 26.3 Å². The molecule has 0 aliphatic rings. The Bertz CT molecular complexity index is 1370. The molecule has 38 heavy (non-hydrogen) atoms. The van der Waals surface area contributed by atoms with E-state index in [2.05, 4.69) is 0 Å². The number of hydrogen-bond acceptors (Lipinski definition) is 6. The SMILES string of the molecule is COc1cc(C(=O)c2ccccc2)c(OC)c(OC)c1[P+](=O)C(=O)c1c(C(F)(F)F)cccc1C(F)(F)F. The first-order valence-corrected chi connectivity index (χ1v) is 11.8. The van der Waals surface area contributed by atoms with Gasteiger partial charge in [-0.25, -0.2) is 4.79 Å². The summed E-state index contributed by atoms with van der Waals surface area (Å²) in [6.07, 6.45) is -10.7. The second kappa shape index (κ2) is 10.8. The summed E-state index contributed by atoms with van der Waals surface area (Å²) in [4.78, 5) is 26.3. The first kappa shape index (κ1) is 28.6. The van der Waals surface area contributed by atoms with Crippen molar-refractivity contribution < 1.29 is 54.7 Å². The molecule has 0 radical (unpaired) electrons. The van der Waals surface area contributed by atoms with Crippen LogP contribution in [0.3, 0.4) is 0 Å². The van der Waals surface area contributed by atoms with Crippen LogP contribution in [0.25, 0.3) is 0 Å². The Balaban J connectivity index is 2.30.